The zero-order chi connectivity index (χ0) is 8.10. The van der Waals surface area contributed by atoms with Crippen LogP contribution < -0.4 is 5.32 Å². The molecule has 1 N–H and O–H groups in total. The SMILES string of the molecule is O=C(NCCCl)c1cncs1. The topological polar surface area (TPSA) is 42.0 Å². The number of halogens is 1. The molecule has 1 aromatic heterocycles. The van der Waals surface area contributed by atoms with Gasteiger partial charge >= 0.3 is 0 Å². The summed E-state index contributed by atoms with van der Waals surface area (Å²) in [5.74, 6) is 0.331. The monoisotopic (exact) mass is 190 g/mol. The molecule has 0 saturated carbocycles. The quantitative estimate of drug-likeness (QED) is 0.726. The van der Waals surface area contributed by atoms with Crippen LogP contribution in [0.2, 0.25) is 0 Å². The van der Waals surface area contributed by atoms with Crippen molar-refractivity contribution >= 4 is 28.8 Å². The summed E-state index contributed by atoms with van der Waals surface area (Å²) in [5.41, 5.74) is 1.62. The minimum absolute atomic E-state index is 0.104. The van der Waals surface area contributed by atoms with Crippen molar-refractivity contribution in [1.82, 2.24) is 10.3 Å². The second-order valence-electron chi connectivity index (χ2n) is 1.81. The van der Waals surface area contributed by atoms with Crippen LogP contribution in [0.5, 0.6) is 0 Å². The van der Waals surface area contributed by atoms with Crippen molar-refractivity contribution in [1.29, 1.82) is 0 Å². The molecule has 1 heterocycles. The Morgan fingerprint density at radius 1 is 1.82 bits per heavy atom. The van der Waals surface area contributed by atoms with E-state index in [2.05, 4.69) is 10.3 Å². The van der Waals surface area contributed by atoms with Crippen molar-refractivity contribution in [3.8, 4) is 0 Å². The lowest BCUT2D eigenvalue weighted by Crippen LogP contribution is -2.24. The first kappa shape index (κ1) is 8.49. The van der Waals surface area contributed by atoms with Gasteiger partial charge in [-0.25, -0.2) is 0 Å². The smallest absolute Gasteiger partial charge is 0.263 e. The molecule has 0 radical (unpaired) electrons. The summed E-state index contributed by atoms with van der Waals surface area (Å²) < 4.78 is 0. The van der Waals surface area contributed by atoms with Gasteiger partial charge in [-0.15, -0.1) is 22.9 Å². The first-order chi connectivity index (χ1) is 5.34. The average molecular weight is 191 g/mol. The fourth-order valence-corrected chi connectivity index (χ4v) is 1.21. The number of rotatable bonds is 3. The summed E-state index contributed by atoms with van der Waals surface area (Å²) in [6.07, 6.45) is 1.54. The molecular weight excluding hydrogens is 184 g/mol. The Morgan fingerprint density at radius 2 is 2.64 bits per heavy atom. The van der Waals surface area contributed by atoms with Gasteiger partial charge in [0.15, 0.2) is 0 Å². The molecule has 0 spiro atoms. The van der Waals surface area contributed by atoms with Gasteiger partial charge in [-0.1, -0.05) is 0 Å². The molecular formula is C6H7ClN2OS. The number of alkyl halides is 1. The van der Waals surface area contributed by atoms with E-state index in [4.69, 9.17) is 11.6 Å². The molecule has 0 unspecified atom stereocenters. The van der Waals surface area contributed by atoms with Crippen LogP contribution >= 0.6 is 22.9 Å². The number of hydrogen-bond donors (Lipinski definition) is 1. The van der Waals surface area contributed by atoms with E-state index >= 15 is 0 Å². The van der Waals surface area contributed by atoms with Gasteiger partial charge in [0, 0.05) is 12.4 Å². The van der Waals surface area contributed by atoms with Crippen LogP contribution in [0.25, 0.3) is 0 Å². The number of carbonyl (C=O) groups excluding carboxylic acids is 1. The van der Waals surface area contributed by atoms with Crippen LogP contribution in [-0.4, -0.2) is 23.3 Å². The second kappa shape index (κ2) is 4.31. The molecule has 0 aliphatic heterocycles. The number of nitrogens with zero attached hydrogens (tertiary/aromatic N) is 1. The zero-order valence-corrected chi connectivity index (χ0v) is 7.28. The van der Waals surface area contributed by atoms with Gasteiger partial charge < -0.3 is 5.32 Å². The lowest BCUT2D eigenvalue weighted by Gasteiger charge is -1.97. The van der Waals surface area contributed by atoms with E-state index in [0.29, 0.717) is 17.3 Å². The number of thiazole rings is 1. The van der Waals surface area contributed by atoms with Crippen molar-refractivity contribution < 1.29 is 4.79 Å². The van der Waals surface area contributed by atoms with E-state index in [9.17, 15) is 4.79 Å². The molecule has 0 aliphatic carbocycles. The standard InChI is InChI=1S/C6H7ClN2OS/c7-1-2-9-6(10)5-3-8-4-11-5/h3-4H,1-2H2,(H,9,10). The Balaban J connectivity index is 2.43. The summed E-state index contributed by atoms with van der Waals surface area (Å²) in [7, 11) is 0. The minimum atomic E-state index is -0.104. The van der Waals surface area contributed by atoms with Gasteiger partial charge in [0.1, 0.15) is 4.88 Å². The van der Waals surface area contributed by atoms with Crippen LogP contribution in [0.3, 0.4) is 0 Å². The first-order valence-electron chi connectivity index (χ1n) is 3.07. The van der Waals surface area contributed by atoms with Gasteiger partial charge in [-0.05, 0) is 0 Å². The van der Waals surface area contributed by atoms with Gasteiger partial charge in [0.25, 0.3) is 5.91 Å². The molecule has 0 atom stereocenters. The van der Waals surface area contributed by atoms with Crippen molar-refractivity contribution in [3.63, 3.8) is 0 Å². The largest absolute Gasteiger partial charge is 0.350 e. The maximum Gasteiger partial charge on any atom is 0.263 e. The Labute approximate surface area is 73.4 Å². The molecule has 0 aliphatic rings. The summed E-state index contributed by atoms with van der Waals surface area (Å²) in [6.45, 7) is 0.498. The van der Waals surface area contributed by atoms with Crippen LogP contribution in [0.1, 0.15) is 9.67 Å². The number of hydrogen-bond acceptors (Lipinski definition) is 3. The fourth-order valence-electron chi connectivity index (χ4n) is 0.576. The summed E-state index contributed by atoms with van der Waals surface area (Å²) in [6, 6.07) is 0. The summed E-state index contributed by atoms with van der Waals surface area (Å²) in [4.78, 5) is 15.5. The lowest BCUT2D eigenvalue weighted by atomic mass is 10.5. The van der Waals surface area contributed by atoms with E-state index in [1.807, 2.05) is 0 Å². The van der Waals surface area contributed by atoms with E-state index < -0.39 is 0 Å². The van der Waals surface area contributed by atoms with E-state index in [1.165, 1.54) is 17.5 Å². The average Bonchev–Trinajstić information content (AvgIpc) is 2.52. The highest BCUT2D eigenvalue weighted by molar-refractivity contribution is 7.11. The van der Waals surface area contributed by atoms with Crippen LogP contribution in [0.4, 0.5) is 0 Å². The Hall–Kier alpha value is -0.610. The van der Waals surface area contributed by atoms with Crippen LogP contribution in [0.15, 0.2) is 11.7 Å². The molecule has 1 aromatic rings. The molecule has 1 rings (SSSR count). The van der Waals surface area contributed by atoms with Gasteiger partial charge in [0.2, 0.25) is 0 Å². The molecule has 0 saturated heterocycles. The number of carbonyl (C=O) groups is 1. The minimum Gasteiger partial charge on any atom is -0.350 e. The predicted molar refractivity (Wildman–Crippen MR) is 45.2 cm³/mol. The highest BCUT2D eigenvalue weighted by Gasteiger charge is 2.04. The van der Waals surface area contributed by atoms with Crippen molar-refractivity contribution in [2.75, 3.05) is 12.4 Å². The van der Waals surface area contributed by atoms with Crippen molar-refractivity contribution in [3.05, 3.63) is 16.6 Å². The Morgan fingerprint density at radius 3 is 3.18 bits per heavy atom. The van der Waals surface area contributed by atoms with E-state index in [-0.39, 0.29) is 5.91 Å². The van der Waals surface area contributed by atoms with Crippen LogP contribution in [-0.2, 0) is 0 Å². The first-order valence-corrected chi connectivity index (χ1v) is 4.48. The normalized spacial score (nSPS) is 9.55. The Kier molecular flexibility index (Phi) is 3.32. The molecule has 5 heteroatoms. The summed E-state index contributed by atoms with van der Waals surface area (Å²) >= 11 is 6.70. The Bertz CT molecular complexity index is 224. The molecule has 60 valence electrons. The van der Waals surface area contributed by atoms with Gasteiger partial charge in [0.05, 0.1) is 11.7 Å². The van der Waals surface area contributed by atoms with Crippen molar-refractivity contribution in [2.45, 2.75) is 0 Å². The predicted octanol–water partition coefficient (Wildman–Crippen LogP) is 1.11. The number of aromatic nitrogens is 1. The molecule has 1 amide bonds. The molecule has 3 nitrogen and oxygen atoms in total. The van der Waals surface area contributed by atoms with E-state index in [1.54, 1.807) is 5.51 Å². The highest BCUT2D eigenvalue weighted by atomic mass is 35.5. The summed E-state index contributed by atoms with van der Waals surface area (Å²) in [5, 5.41) is 2.63. The maximum absolute atomic E-state index is 11.1. The van der Waals surface area contributed by atoms with Gasteiger partial charge in [-0.3, -0.25) is 9.78 Å². The number of nitrogens with one attached hydrogen (secondary N) is 1. The molecule has 0 aromatic carbocycles. The molecule has 11 heavy (non-hydrogen) atoms. The molecule has 0 fully saturated rings. The zero-order valence-electron chi connectivity index (χ0n) is 5.71. The third-order valence-electron chi connectivity index (χ3n) is 1.04. The lowest BCUT2D eigenvalue weighted by molar-refractivity contribution is 0.0960. The van der Waals surface area contributed by atoms with Crippen LogP contribution in [0, 0.1) is 0 Å². The fraction of sp³-hybridized carbons (Fsp3) is 0.333. The third kappa shape index (κ3) is 2.48. The van der Waals surface area contributed by atoms with Gasteiger partial charge in [-0.2, -0.15) is 0 Å². The third-order valence-corrected chi connectivity index (χ3v) is 2.00. The second-order valence-corrected chi connectivity index (χ2v) is 3.07. The number of amides is 1. The van der Waals surface area contributed by atoms with Crippen molar-refractivity contribution in [2.24, 2.45) is 0 Å². The van der Waals surface area contributed by atoms with E-state index in [0.717, 1.165) is 0 Å². The highest BCUT2D eigenvalue weighted by Crippen LogP contribution is 2.03. The maximum atomic E-state index is 11.1. The molecule has 0 bridgehead atoms.